The molecule has 0 aliphatic carbocycles. The minimum Gasteiger partial charge on any atom is -0.325 e. The van der Waals surface area contributed by atoms with Crippen molar-refractivity contribution in [3.8, 4) is 0 Å². The van der Waals surface area contributed by atoms with Crippen LogP contribution in [0.4, 0.5) is 18.9 Å². The van der Waals surface area contributed by atoms with Crippen LogP contribution >= 0.6 is 0 Å². The van der Waals surface area contributed by atoms with Gasteiger partial charge in [0.15, 0.2) is 0 Å². The van der Waals surface area contributed by atoms with E-state index >= 15 is 0 Å². The SMILES string of the molecule is CCC(C)NCCC(=O)Nc1ccccc1C(F)(F)F. The molecule has 1 aromatic rings. The Hall–Kier alpha value is -1.56. The van der Waals surface area contributed by atoms with Gasteiger partial charge < -0.3 is 10.6 Å². The van der Waals surface area contributed by atoms with Crippen LogP contribution in [0.1, 0.15) is 32.3 Å². The third-order valence-corrected chi connectivity index (χ3v) is 2.96. The molecule has 0 aliphatic rings. The molecule has 0 aromatic heterocycles. The third-order valence-electron chi connectivity index (χ3n) is 2.96. The first kappa shape index (κ1) is 16.5. The summed E-state index contributed by atoms with van der Waals surface area (Å²) in [7, 11) is 0. The Morgan fingerprint density at radius 3 is 2.55 bits per heavy atom. The van der Waals surface area contributed by atoms with Crippen molar-refractivity contribution in [2.24, 2.45) is 0 Å². The summed E-state index contributed by atoms with van der Waals surface area (Å²) in [5.41, 5.74) is -1.03. The molecule has 1 rings (SSSR count). The van der Waals surface area contributed by atoms with Crippen molar-refractivity contribution < 1.29 is 18.0 Å². The fraction of sp³-hybridized carbons (Fsp3) is 0.500. The molecule has 0 bridgehead atoms. The summed E-state index contributed by atoms with van der Waals surface area (Å²) < 4.78 is 38.2. The molecule has 0 radical (unpaired) electrons. The number of rotatable bonds is 6. The summed E-state index contributed by atoms with van der Waals surface area (Å²) in [5, 5.41) is 5.42. The van der Waals surface area contributed by atoms with Crippen molar-refractivity contribution in [1.29, 1.82) is 0 Å². The molecule has 0 saturated carbocycles. The van der Waals surface area contributed by atoms with Crippen molar-refractivity contribution in [3.63, 3.8) is 0 Å². The van der Waals surface area contributed by atoms with E-state index in [0.29, 0.717) is 6.54 Å². The number of alkyl halides is 3. The van der Waals surface area contributed by atoms with E-state index in [0.717, 1.165) is 12.5 Å². The molecule has 2 N–H and O–H groups in total. The fourth-order valence-electron chi connectivity index (χ4n) is 1.63. The number of hydrogen-bond acceptors (Lipinski definition) is 2. The number of anilines is 1. The maximum Gasteiger partial charge on any atom is 0.418 e. The zero-order valence-electron chi connectivity index (χ0n) is 11.6. The van der Waals surface area contributed by atoms with Crippen molar-refractivity contribution >= 4 is 11.6 Å². The van der Waals surface area contributed by atoms with Gasteiger partial charge in [-0.25, -0.2) is 0 Å². The zero-order chi connectivity index (χ0) is 15.2. The van der Waals surface area contributed by atoms with Gasteiger partial charge in [-0.3, -0.25) is 4.79 Å². The highest BCUT2D eigenvalue weighted by Crippen LogP contribution is 2.34. The number of halogens is 3. The second-order valence-electron chi connectivity index (χ2n) is 4.60. The molecule has 0 fully saturated rings. The van der Waals surface area contributed by atoms with Crippen LogP contribution in [0.2, 0.25) is 0 Å². The number of carbonyl (C=O) groups excluding carboxylic acids is 1. The van der Waals surface area contributed by atoms with Crippen LogP contribution in [0, 0.1) is 0 Å². The van der Waals surface area contributed by atoms with Gasteiger partial charge >= 0.3 is 6.18 Å². The Morgan fingerprint density at radius 1 is 1.30 bits per heavy atom. The first-order valence-corrected chi connectivity index (χ1v) is 6.54. The lowest BCUT2D eigenvalue weighted by atomic mass is 10.1. The quantitative estimate of drug-likeness (QED) is 0.842. The predicted octanol–water partition coefficient (Wildman–Crippen LogP) is 3.42. The maximum absolute atomic E-state index is 12.7. The molecule has 0 heterocycles. The summed E-state index contributed by atoms with van der Waals surface area (Å²) in [4.78, 5) is 11.6. The predicted molar refractivity (Wildman–Crippen MR) is 72.4 cm³/mol. The van der Waals surface area contributed by atoms with E-state index in [1.807, 2.05) is 13.8 Å². The average molecular weight is 288 g/mol. The smallest absolute Gasteiger partial charge is 0.325 e. The molecule has 0 spiro atoms. The molecule has 1 aromatic carbocycles. The molecule has 0 aliphatic heterocycles. The van der Waals surface area contributed by atoms with E-state index in [4.69, 9.17) is 0 Å². The Labute approximate surface area is 116 Å². The highest BCUT2D eigenvalue weighted by molar-refractivity contribution is 5.91. The van der Waals surface area contributed by atoms with Crippen LogP contribution in [0.25, 0.3) is 0 Å². The Morgan fingerprint density at radius 2 is 1.95 bits per heavy atom. The van der Waals surface area contributed by atoms with Crippen LogP contribution < -0.4 is 10.6 Å². The van der Waals surface area contributed by atoms with Gasteiger partial charge in [0.1, 0.15) is 0 Å². The molecule has 1 unspecified atom stereocenters. The third kappa shape index (κ3) is 5.21. The molecule has 3 nitrogen and oxygen atoms in total. The van der Waals surface area contributed by atoms with Gasteiger partial charge in [-0.05, 0) is 25.5 Å². The lowest BCUT2D eigenvalue weighted by Gasteiger charge is -2.14. The number of hydrogen-bond donors (Lipinski definition) is 2. The lowest BCUT2D eigenvalue weighted by Crippen LogP contribution is -2.29. The summed E-state index contributed by atoms with van der Waals surface area (Å²) in [6.07, 6.45) is -3.41. The fourth-order valence-corrected chi connectivity index (χ4v) is 1.63. The van der Waals surface area contributed by atoms with Gasteiger partial charge in [0.25, 0.3) is 0 Å². The number of amides is 1. The summed E-state index contributed by atoms with van der Waals surface area (Å²) in [5.74, 6) is -0.433. The monoisotopic (exact) mass is 288 g/mol. The number of nitrogens with one attached hydrogen (secondary N) is 2. The number of carbonyl (C=O) groups is 1. The van der Waals surface area contributed by atoms with E-state index in [1.165, 1.54) is 18.2 Å². The molecule has 1 atom stereocenters. The number of para-hydroxylation sites is 1. The Balaban J connectivity index is 2.58. The minimum atomic E-state index is -4.47. The Kier molecular flexibility index (Phi) is 6.01. The lowest BCUT2D eigenvalue weighted by molar-refractivity contribution is -0.137. The van der Waals surface area contributed by atoms with E-state index in [-0.39, 0.29) is 18.2 Å². The van der Waals surface area contributed by atoms with E-state index in [1.54, 1.807) is 0 Å². The normalized spacial score (nSPS) is 13.1. The van der Waals surface area contributed by atoms with Gasteiger partial charge in [-0.15, -0.1) is 0 Å². The largest absolute Gasteiger partial charge is 0.418 e. The number of benzene rings is 1. The van der Waals surface area contributed by atoms with Gasteiger partial charge in [0, 0.05) is 19.0 Å². The van der Waals surface area contributed by atoms with Crippen molar-refractivity contribution in [3.05, 3.63) is 29.8 Å². The first-order valence-electron chi connectivity index (χ1n) is 6.54. The first-order chi connectivity index (χ1) is 9.34. The van der Waals surface area contributed by atoms with Crippen LogP contribution in [0.3, 0.4) is 0 Å². The summed E-state index contributed by atoms with van der Waals surface area (Å²) in [6, 6.07) is 5.24. The van der Waals surface area contributed by atoms with Crippen molar-refractivity contribution in [1.82, 2.24) is 5.32 Å². The summed E-state index contributed by atoms with van der Waals surface area (Å²) >= 11 is 0. The van der Waals surface area contributed by atoms with Crippen LogP contribution in [-0.2, 0) is 11.0 Å². The topological polar surface area (TPSA) is 41.1 Å². The van der Waals surface area contributed by atoms with Gasteiger partial charge in [-0.2, -0.15) is 13.2 Å². The van der Waals surface area contributed by atoms with E-state index in [2.05, 4.69) is 10.6 Å². The Bertz CT molecular complexity index is 446. The van der Waals surface area contributed by atoms with Crippen LogP contribution in [0.5, 0.6) is 0 Å². The molecule has 6 heteroatoms. The molecular formula is C14H19F3N2O. The molecule has 20 heavy (non-hydrogen) atoms. The van der Waals surface area contributed by atoms with Gasteiger partial charge in [0.05, 0.1) is 11.3 Å². The highest BCUT2D eigenvalue weighted by atomic mass is 19.4. The minimum absolute atomic E-state index is 0.135. The molecular weight excluding hydrogens is 269 g/mol. The van der Waals surface area contributed by atoms with Crippen molar-refractivity contribution in [2.45, 2.75) is 38.9 Å². The molecule has 0 saturated heterocycles. The summed E-state index contributed by atoms with van der Waals surface area (Å²) in [6.45, 7) is 4.43. The second kappa shape index (κ2) is 7.28. The zero-order valence-corrected chi connectivity index (χ0v) is 11.6. The van der Waals surface area contributed by atoms with Gasteiger partial charge in [-0.1, -0.05) is 19.1 Å². The average Bonchev–Trinajstić information content (AvgIpc) is 2.37. The van der Waals surface area contributed by atoms with E-state index < -0.39 is 17.6 Å². The standard InChI is InChI=1S/C14H19F3N2O/c1-3-10(2)18-9-8-13(20)19-12-7-5-4-6-11(12)14(15,16)17/h4-7,10,18H,3,8-9H2,1-2H3,(H,19,20). The van der Waals surface area contributed by atoms with Gasteiger partial charge in [0.2, 0.25) is 5.91 Å². The highest BCUT2D eigenvalue weighted by Gasteiger charge is 2.33. The molecule has 112 valence electrons. The second-order valence-corrected chi connectivity index (χ2v) is 4.60. The molecule has 1 amide bonds. The van der Waals surface area contributed by atoms with E-state index in [9.17, 15) is 18.0 Å². The maximum atomic E-state index is 12.7. The van der Waals surface area contributed by atoms with Crippen molar-refractivity contribution in [2.75, 3.05) is 11.9 Å². The van der Waals surface area contributed by atoms with Crippen LogP contribution in [-0.4, -0.2) is 18.5 Å². The van der Waals surface area contributed by atoms with Crippen LogP contribution in [0.15, 0.2) is 24.3 Å².